The van der Waals surface area contributed by atoms with Gasteiger partial charge in [0.1, 0.15) is 11.6 Å². The summed E-state index contributed by atoms with van der Waals surface area (Å²) in [6.45, 7) is 8.74. The van der Waals surface area contributed by atoms with Gasteiger partial charge >= 0.3 is 5.69 Å². The van der Waals surface area contributed by atoms with Crippen molar-refractivity contribution in [2.24, 2.45) is 0 Å². The van der Waals surface area contributed by atoms with Crippen LogP contribution in [-0.2, 0) is 34.3 Å². The van der Waals surface area contributed by atoms with Crippen molar-refractivity contribution in [2.75, 3.05) is 11.3 Å². The van der Waals surface area contributed by atoms with Crippen LogP contribution in [0, 0.1) is 13.8 Å². The second-order valence-corrected chi connectivity index (χ2v) is 13.2. The molecule has 0 amide bonds. The zero-order chi connectivity index (χ0) is 31.3. The highest BCUT2D eigenvalue weighted by molar-refractivity contribution is 7.92. The minimum absolute atomic E-state index is 0.0562. The molecule has 0 spiro atoms. The molecular weight excluding hydrogens is 578 g/mol. The minimum atomic E-state index is -4.00. The monoisotopic (exact) mass is 621 g/mol. The van der Waals surface area contributed by atoms with Crippen molar-refractivity contribution >= 4 is 15.8 Å². The molecule has 5 rings (SSSR count). The van der Waals surface area contributed by atoms with Gasteiger partial charge in [0.25, 0.3) is 10.0 Å². The Bertz CT molecular complexity index is 1750. The molecule has 1 aliphatic carbocycles. The van der Waals surface area contributed by atoms with Gasteiger partial charge in [-0.2, -0.15) is 5.10 Å². The third-order valence-electron chi connectivity index (χ3n) is 8.46. The maximum absolute atomic E-state index is 13.7. The van der Waals surface area contributed by atoms with E-state index in [0.29, 0.717) is 36.6 Å². The number of benzene rings is 2. The maximum Gasteiger partial charge on any atom is 0.346 e. The summed E-state index contributed by atoms with van der Waals surface area (Å²) < 4.78 is 44.4. The highest BCUT2D eigenvalue weighted by atomic mass is 32.2. The van der Waals surface area contributed by atoms with Gasteiger partial charge in [0.05, 0.1) is 24.1 Å². The quantitative estimate of drug-likeness (QED) is 0.180. The average molecular weight is 622 g/mol. The van der Waals surface area contributed by atoms with E-state index in [1.807, 2.05) is 35.8 Å². The number of sulfonamides is 1. The lowest BCUT2D eigenvalue weighted by Crippen LogP contribution is -2.30. The van der Waals surface area contributed by atoms with Crippen molar-refractivity contribution < 1.29 is 17.7 Å². The van der Waals surface area contributed by atoms with Crippen LogP contribution in [0.1, 0.15) is 93.1 Å². The molecule has 2 heterocycles. The summed E-state index contributed by atoms with van der Waals surface area (Å²) in [7, 11) is -4.00. The molecular formula is C33H43N5O5S. The second kappa shape index (κ2) is 13.9. The van der Waals surface area contributed by atoms with E-state index < -0.39 is 10.0 Å². The molecule has 1 fully saturated rings. The van der Waals surface area contributed by atoms with E-state index >= 15 is 0 Å². The van der Waals surface area contributed by atoms with Crippen LogP contribution >= 0.6 is 0 Å². The number of nitrogens with zero attached hydrogens (tertiary/aromatic N) is 4. The zero-order valence-corrected chi connectivity index (χ0v) is 27.0. The molecule has 10 nitrogen and oxygen atoms in total. The van der Waals surface area contributed by atoms with Crippen molar-refractivity contribution in [3.05, 3.63) is 81.2 Å². The second-order valence-electron chi connectivity index (χ2n) is 11.6. The summed E-state index contributed by atoms with van der Waals surface area (Å²) in [5.74, 6) is 1.53. The van der Waals surface area contributed by atoms with Crippen LogP contribution in [0.3, 0.4) is 0 Å². The largest absolute Gasteiger partial charge is 0.377 e. The van der Waals surface area contributed by atoms with E-state index in [9.17, 15) is 13.2 Å². The maximum atomic E-state index is 13.7. The molecule has 11 heteroatoms. The molecule has 0 atom stereocenters. The van der Waals surface area contributed by atoms with Crippen LogP contribution in [0.2, 0.25) is 0 Å². The van der Waals surface area contributed by atoms with E-state index in [1.54, 1.807) is 36.7 Å². The molecule has 236 valence electrons. The minimum Gasteiger partial charge on any atom is -0.377 e. The van der Waals surface area contributed by atoms with Gasteiger partial charge in [-0.3, -0.25) is 9.29 Å². The predicted octanol–water partition coefficient (Wildman–Crippen LogP) is 6.55. The first-order valence-corrected chi connectivity index (χ1v) is 17.1. The molecule has 44 heavy (non-hydrogen) atoms. The molecule has 2 aromatic carbocycles. The smallest absolute Gasteiger partial charge is 0.346 e. The van der Waals surface area contributed by atoms with E-state index in [-0.39, 0.29) is 22.4 Å². The lowest BCUT2D eigenvalue weighted by atomic mass is 9.96. The third-order valence-corrected chi connectivity index (χ3v) is 9.86. The topological polar surface area (TPSA) is 121 Å². The number of anilines is 1. The summed E-state index contributed by atoms with van der Waals surface area (Å²) in [4.78, 5) is 13.8. The van der Waals surface area contributed by atoms with Gasteiger partial charge in [-0.25, -0.2) is 17.9 Å². The number of aryl methyl sites for hydroxylation is 2. The Morgan fingerprint density at radius 2 is 1.82 bits per heavy atom. The Morgan fingerprint density at radius 1 is 1.05 bits per heavy atom. The van der Waals surface area contributed by atoms with Gasteiger partial charge in [-0.1, -0.05) is 74.2 Å². The number of ether oxygens (including phenoxy) is 1. The number of hydrogen-bond donors (Lipinski definition) is 1. The van der Waals surface area contributed by atoms with Crippen LogP contribution in [-0.4, -0.2) is 34.5 Å². The van der Waals surface area contributed by atoms with Crippen LogP contribution in [0.5, 0.6) is 0 Å². The molecule has 1 aliphatic rings. The fourth-order valence-corrected chi connectivity index (χ4v) is 7.12. The third kappa shape index (κ3) is 6.83. The summed E-state index contributed by atoms with van der Waals surface area (Å²) in [5.41, 5.74) is 3.63. The molecule has 4 aromatic rings. The van der Waals surface area contributed by atoms with Gasteiger partial charge in [0.15, 0.2) is 5.82 Å². The zero-order valence-electron chi connectivity index (χ0n) is 26.1. The SMILES string of the molecule is CCCCc1nn(C2CCCCC2)c(=O)n1Cc1ccc(-c2ccccc2S(=O)(=O)Nc2noc(C)c2C)c(COCC)c1. The van der Waals surface area contributed by atoms with E-state index in [0.717, 1.165) is 67.5 Å². The molecule has 0 aliphatic heterocycles. The number of aromatic nitrogens is 4. The van der Waals surface area contributed by atoms with Crippen LogP contribution in [0.4, 0.5) is 5.82 Å². The Balaban J connectivity index is 1.52. The summed E-state index contributed by atoms with van der Waals surface area (Å²) >= 11 is 0. The van der Waals surface area contributed by atoms with Crippen LogP contribution < -0.4 is 10.4 Å². The lowest BCUT2D eigenvalue weighted by Gasteiger charge is -2.20. The standard InChI is InChI=1S/C33H43N5O5S/c1-5-7-17-31-34-38(27-13-9-8-10-14-27)33(39)37(31)21-25-18-19-28(26(20-25)22-42-6-2)29-15-11-12-16-30(29)44(40,41)36-32-23(3)24(4)43-35-32/h11-12,15-16,18-20,27H,5-10,13-14,17,21-22H2,1-4H3,(H,35,36). The molecule has 0 saturated heterocycles. The lowest BCUT2D eigenvalue weighted by molar-refractivity contribution is 0.134. The van der Waals surface area contributed by atoms with Crippen molar-refractivity contribution in [3.63, 3.8) is 0 Å². The van der Waals surface area contributed by atoms with Gasteiger partial charge in [0.2, 0.25) is 0 Å². The van der Waals surface area contributed by atoms with Crippen molar-refractivity contribution in [3.8, 4) is 11.1 Å². The first kappa shape index (κ1) is 31.7. The average Bonchev–Trinajstić information content (AvgIpc) is 3.51. The Kier molecular flexibility index (Phi) is 10.1. The van der Waals surface area contributed by atoms with Crippen molar-refractivity contribution in [2.45, 2.75) is 103 Å². The number of nitrogens with one attached hydrogen (secondary N) is 1. The molecule has 1 saturated carbocycles. The van der Waals surface area contributed by atoms with Gasteiger partial charge in [0, 0.05) is 24.2 Å². The summed E-state index contributed by atoms with van der Waals surface area (Å²) in [6.07, 6.45) is 8.17. The Hall–Kier alpha value is -3.70. The Morgan fingerprint density at radius 3 is 2.52 bits per heavy atom. The van der Waals surface area contributed by atoms with Gasteiger partial charge in [-0.05, 0) is 62.8 Å². The van der Waals surface area contributed by atoms with E-state index in [4.69, 9.17) is 14.4 Å². The first-order valence-electron chi connectivity index (χ1n) is 15.7. The summed E-state index contributed by atoms with van der Waals surface area (Å²) in [6, 6.07) is 12.9. The predicted molar refractivity (Wildman–Crippen MR) is 170 cm³/mol. The van der Waals surface area contributed by atoms with E-state index in [1.165, 1.54) is 6.42 Å². The van der Waals surface area contributed by atoms with Gasteiger partial charge in [-0.15, -0.1) is 0 Å². The molecule has 2 aromatic heterocycles. The number of rotatable bonds is 13. The number of hydrogen-bond acceptors (Lipinski definition) is 7. The highest BCUT2D eigenvalue weighted by Gasteiger charge is 2.25. The molecule has 0 bridgehead atoms. The van der Waals surface area contributed by atoms with Crippen LogP contribution in [0.25, 0.3) is 11.1 Å². The highest BCUT2D eigenvalue weighted by Crippen LogP contribution is 2.33. The van der Waals surface area contributed by atoms with Crippen molar-refractivity contribution in [1.82, 2.24) is 19.5 Å². The first-order chi connectivity index (χ1) is 21.2. The fraction of sp³-hybridized carbons (Fsp3) is 0.485. The van der Waals surface area contributed by atoms with Crippen molar-refractivity contribution in [1.29, 1.82) is 0 Å². The summed E-state index contributed by atoms with van der Waals surface area (Å²) in [5, 5.41) is 8.72. The Labute approximate surface area is 259 Å². The number of unbranched alkanes of at least 4 members (excludes halogenated alkanes) is 1. The van der Waals surface area contributed by atoms with Gasteiger partial charge < -0.3 is 9.26 Å². The fourth-order valence-electron chi connectivity index (χ4n) is 5.84. The molecule has 1 N–H and O–H groups in total. The normalized spacial score (nSPS) is 14.3. The van der Waals surface area contributed by atoms with Crippen LogP contribution in [0.15, 0.2) is 56.7 Å². The molecule has 0 radical (unpaired) electrons. The van der Waals surface area contributed by atoms with E-state index in [2.05, 4.69) is 16.8 Å². The molecule has 0 unspecified atom stereocenters.